The molecule has 3 aromatic carbocycles. The first-order valence-corrected chi connectivity index (χ1v) is 11.2. The fourth-order valence-corrected chi connectivity index (χ4v) is 4.03. The molecular formula is C27H21FN4O4. The molecule has 0 saturated heterocycles. The number of aromatic nitrogens is 2. The zero-order chi connectivity index (χ0) is 25.6. The van der Waals surface area contributed by atoms with Crippen LogP contribution in [0.25, 0.3) is 11.4 Å². The van der Waals surface area contributed by atoms with Crippen molar-refractivity contribution in [3.63, 3.8) is 0 Å². The average Bonchev–Trinajstić information content (AvgIpc) is 3.45. The molecule has 0 spiro atoms. The van der Waals surface area contributed by atoms with E-state index in [9.17, 15) is 18.8 Å². The Bertz CT molecular complexity index is 1530. The van der Waals surface area contributed by atoms with E-state index >= 15 is 0 Å². The number of carbonyl (C=O) groups is 3. The molecule has 1 aliphatic rings. The number of anilines is 1. The Morgan fingerprint density at radius 1 is 0.972 bits per heavy atom. The maximum atomic E-state index is 13.2. The first-order valence-electron chi connectivity index (χ1n) is 11.2. The average molecular weight is 484 g/mol. The Kier molecular flexibility index (Phi) is 5.68. The van der Waals surface area contributed by atoms with Crippen LogP contribution in [0.15, 0.2) is 65.2 Å². The Hall–Kier alpha value is -4.66. The lowest BCUT2D eigenvalue weighted by molar-refractivity contribution is 0.0920. The molecule has 0 aliphatic carbocycles. The van der Waals surface area contributed by atoms with Crippen molar-refractivity contribution >= 4 is 23.4 Å². The van der Waals surface area contributed by atoms with Crippen LogP contribution in [0.5, 0.6) is 0 Å². The van der Waals surface area contributed by atoms with Gasteiger partial charge in [-0.3, -0.25) is 14.4 Å². The summed E-state index contributed by atoms with van der Waals surface area (Å²) in [6.45, 7) is 5.39. The number of hydrogen-bond donors (Lipinski definition) is 1. The van der Waals surface area contributed by atoms with Gasteiger partial charge in [-0.05, 0) is 80.4 Å². The highest BCUT2D eigenvalue weighted by molar-refractivity contribution is 6.35. The maximum Gasteiger partial charge on any atom is 0.266 e. The number of aryl methyl sites for hydroxylation is 2. The van der Waals surface area contributed by atoms with Crippen molar-refractivity contribution in [3.05, 3.63) is 100 Å². The van der Waals surface area contributed by atoms with E-state index in [1.165, 1.54) is 42.5 Å². The lowest BCUT2D eigenvalue weighted by Crippen LogP contribution is -2.30. The number of rotatable bonds is 5. The number of hydrogen-bond acceptors (Lipinski definition) is 6. The third-order valence-corrected chi connectivity index (χ3v) is 6.02. The number of imide groups is 1. The summed E-state index contributed by atoms with van der Waals surface area (Å²) in [5.41, 5.74) is 3.42. The molecule has 5 rings (SSSR count). The predicted molar refractivity (Wildman–Crippen MR) is 129 cm³/mol. The van der Waals surface area contributed by atoms with Crippen molar-refractivity contribution in [1.82, 2.24) is 15.5 Å². The largest absolute Gasteiger partial charge is 0.341 e. The summed E-state index contributed by atoms with van der Waals surface area (Å²) in [5.74, 6) is -1.34. The minimum atomic E-state index is -0.642. The van der Waals surface area contributed by atoms with Gasteiger partial charge in [-0.25, -0.2) is 9.29 Å². The summed E-state index contributed by atoms with van der Waals surface area (Å²) >= 11 is 0. The number of nitrogens with zero attached hydrogens (tertiary/aromatic N) is 3. The molecule has 8 nitrogen and oxygen atoms in total. The molecule has 0 radical (unpaired) electrons. The molecule has 3 amide bonds. The SMILES string of the molecule is Cc1ccc(C)c(N2C(=O)c3ccc(C(=O)NC(C)c4nc(-c5ccc(F)cc5)no4)cc3C2=O)c1. The van der Waals surface area contributed by atoms with Gasteiger partial charge in [0.2, 0.25) is 11.7 Å². The summed E-state index contributed by atoms with van der Waals surface area (Å²) in [7, 11) is 0. The highest BCUT2D eigenvalue weighted by atomic mass is 19.1. The molecule has 36 heavy (non-hydrogen) atoms. The van der Waals surface area contributed by atoms with Crippen molar-refractivity contribution in [3.8, 4) is 11.4 Å². The van der Waals surface area contributed by atoms with E-state index in [1.807, 2.05) is 26.0 Å². The lowest BCUT2D eigenvalue weighted by atomic mass is 10.1. The normalized spacial score (nSPS) is 13.6. The van der Waals surface area contributed by atoms with E-state index in [0.717, 1.165) is 16.0 Å². The molecule has 0 fully saturated rings. The van der Waals surface area contributed by atoms with Crippen LogP contribution in [-0.2, 0) is 0 Å². The smallest absolute Gasteiger partial charge is 0.266 e. The molecule has 1 aliphatic heterocycles. The first kappa shape index (κ1) is 23.1. The van der Waals surface area contributed by atoms with E-state index in [2.05, 4.69) is 15.5 Å². The highest BCUT2D eigenvalue weighted by Gasteiger charge is 2.38. The summed E-state index contributed by atoms with van der Waals surface area (Å²) in [6, 6.07) is 14.9. The molecule has 1 N–H and O–H groups in total. The Morgan fingerprint density at radius 3 is 2.44 bits per heavy atom. The highest BCUT2D eigenvalue weighted by Crippen LogP contribution is 2.32. The van der Waals surface area contributed by atoms with Gasteiger partial charge in [-0.1, -0.05) is 17.3 Å². The molecule has 2 heterocycles. The van der Waals surface area contributed by atoms with Gasteiger partial charge in [0.25, 0.3) is 17.7 Å². The van der Waals surface area contributed by atoms with Crippen LogP contribution in [0, 0.1) is 19.7 Å². The van der Waals surface area contributed by atoms with Crippen molar-refractivity contribution in [1.29, 1.82) is 0 Å². The van der Waals surface area contributed by atoms with Gasteiger partial charge in [0.05, 0.1) is 16.8 Å². The molecular weight excluding hydrogens is 463 g/mol. The van der Waals surface area contributed by atoms with E-state index in [-0.39, 0.29) is 34.2 Å². The second-order valence-corrected chi connectivity index (χ2v) is 8.65. The quantitative estimate of drug-likeness (QED) is 0.409. The Balaban J connectivity index is 1.35. The molecule has 1 unspecified atom stereocenters. The summed E-state index contributed by atoms with van der Waals surface area (Å²) in [5, 5.41) is 6.64. The van der Waals surface area contributed by atoms with E-state index in [1.54, 1.807) is 13.0 Å². The first-order chi connectivity index (χ1) is 17.2. The van der Waals surface area contributed by atoms with Crippen LogP contribution >= 0.6 is 0 Å². The zero-order valence-corrected chi connectivity index (χ0v) is 19.7. The second-order valence-electron chi connectivity index (χ2n) is 8.65. The van der Waals surface area contributed by atoms with Crippen molar-refractivity contribution in [2.24, 2.45) is 0 Å². The number of benzene rings is 3. The van der Waals surface area contributed by atoms with Crippen LogP contribution < -0.4 is 10.2 Å². The number of carbonyl (C=O) groups excluding carboxylic acids is 3. The molecule has 1 atom stereocenters. The standard InChI is InChI=1S/C27H21FN4O4/c1-14-4-5-15(2)22(12-14)32-26(34)20-11-8-18(13-21(20)27(32)35)24(33)29-16(3)25-30-23(31-36-25)17-6-9-19(28)10-7-17/h4-13,16H,1-3H3,(H,29,33). The third-order valence-electron chi connectivity index (χ3n) is 6.02. The van der Waals surface area contributed by atoms with Gasteiger partial charge in [0.15, 0.2) is 0 Å². The van der Waals surface area contributed by atoms with Crippen LogP contribution in [-0.4, -0.2) is 27.9 Å². The summed E-state index contributed by atoms with van der Waals surface area (Å²) < 4.78 is 18.4. The monoisotopic (exact) mass is 484 g/mol. The third kappa shape index (κ3) is 4.04. The Labute approximate surface area is 205 Å². The number of nitrogens with one attached hydrogen (secondary N) is 1. The van der Waals surface area contributed by atoms with E-state index in [0.29, 0.717) is 11.3 Å². The molecule has 180 valence electrons. The van der Waals surface area contributed by atoms with Gasteiger partial charge >= 0.3 is 0 Å². The molecule has 1 aromatic heterocycles. The lowest BCUT2D eigenvalue weighted by Gasteiger charge is -2.17. The van der Waals surface area contributed by atoms with Crippen LogP contribution in [0.1, 0.15) is 61.1 Å². The minimum absolute atomic E-state index is 0.163. The zero-order valence-electron chi connectivity index (χ0n) is 19.7. The predicted octanol–water partition coefficient (Wildman–Crippen LogP) is 4.78. The minimum Gasteiger partial charge on any atom is -0.341 e. The number of amides is 3. The van der Waals surface area contributed by atoms with Crippen LogP contribution in [0.3, 0.4) is 0 Å². The fourth-order valence-electron chi connectivity index (χ4n) is 4.03. The second kappa shape index (κ2) is 8.84. The van der Waals surface area contributed by atoms with Gasteiger partial charge in [0.1, 0.15) is 11.9 Å². The fraction of sp³-hybridized carbons (Fsp3) is 0.148. The van der Waals surface area contributed by atoms with Gasteiger partial charge in [-0.2, -0.15) is 4.98 Å². The maximum absolute atomic E-state index is 13.2. The van der Waals surface area contributed by atoms with Gasteiger partial charge in [0, 0.05) is 11.1 Å². The topological polar surface area (TPSA) is 105 Å². The molecule has 0 bridgehead atoms. The molecule has 4 aromatic rings. The summed E-state index contributed by atoms with van der Waals surface area (Å²) in [6.07, 6.45) is 0. The number of halogens is 1. The molecule has 9 heteroatoms. The van der Waals surface area contributed by atoms with Gasteiger partial charge in [-0.15, -0.1) is 0 Å². The summed E-state index contributed by atoms with van der Waals surface area (Å²) in [4.78, 5) is 44.5. The number of fused-ring (bicyclic) bond motifs is 1. The van der Waals surface area contributed by atoms with Crippen LogP contribution in [0.4, 0.5) is 10.1 Å². The van der Waals surface area contributed by atoms with Crippen molar-refractivity contribution in [2.75, 3.05) is 4.90 Å². The van der Waals surface area contributed by atoms with Crippen molar-refractivity contribution in [2.45, 2.75) is 26.8 Å². The van der Waals surface area contributed by atoms with Gasteiger partial charge < -0.3 is 9.84 Å². The van der Waals surface area contributed by atoms with Crippen LogP contribution in [0.2, 0.25) is 0 Å². The van der Waals surface area contributed by atoms with E-state index in [4.69, 9.17) is 4.52 Å². The molecule has 0 saturated carbocycles. The van der Waals surface area contributed by atoms with Crippen molar-refractivity contribution < 1.29 is 23.3 Å². The van der Waals surface area contributed by atoms with E-state index < -0.39 is 23.8 Å². The Morgan fingerprint density at radius 2 is 1.69 bits per heavy atom.